The molecule has 0 atom stereocenters. The third kappa shape index (κ3) is 4.58. The van der Waals surface area contributed by atoms with Crippen molar-refractivity contribution in [3.05, 3.63) is 41.3 Å². The Morgan fingerprint density at radius 3 is 2.71 bits per heavy atom. The summed E-state index contributed by atoms with van der Waals surface area (Å²) in [5, 5.41) is 0. The summed E-state index contributed by atoms with van der Waals surface area (Å²) in [6, 6.07) is 4.83. The first-order valence-electron chi connectivity index (χ1n) is 7.27. The predicted octanol–water partition coefficient (Wildman–Crippen LogP) is 2.98. The number of halogens is 3. The quantitative estimate of drug-likeness (QED) is 0.877. The summed E-state index contributed by atoms with van der Waals surface area (Å²) in [6.45, 7) is 2.56. The highest BCUT2D eigenvalue weighted by Crippen LogP contribution is 2.32. The molecule has 0 spiro atoms. The standard InChI is InChI=1S/C16H18F3N3O2/c1-10-13(9-22(2)7-6-14(20)23)21-15(24-10)11-4-3-5-12(8-11)16(17,18)19/h3-5,8H,6-7,9H2,1-2H3,(H2,20,23). The molecule has 24 heavy (non-hydrogen) atoms. The van der Waals surface area contributed by atoms with E-state index in [1.807, 2.05) is 4.90 Å². The largest absolute Gasteiger partial charge is 0.441 e. The normalized spacial score (nSPS) is 11.9. The first-order chi connectivity index (χ1) is 11.2. The second-order valence-electron chi connectivity index (χ2n) is 5.55. The van der Waals surface area contributed by atoms with Crippen LogP contribution in [-0.4, -0.2) is 29.4 Å². The molecule has 1 aromatic heterocycles. The summed E-state index contributed by atoms with van der Waals surface area (Å²) in [4.78, 5) is 16.9. The van der Waals surface area contributed by atoms with E-state index in [1.54, 1.807) is 14.0 Å². The third-order valence-electron chi connectivity index (χ3n) is 3.49. The molecule has 1 heterocycles. The highest BCUT2D eigenvalue weighted by molar-refractivity contribution is 5.73. The lowest BCUT2D eigenvalue weighted by Gasteiger charge is -2.13. The van der Waals surface area contributed by atoms with E-state index in [0.29, 0.717) is 24.5 Å². The molecule has 0 fully saturated rings. The smallest absolute Gasteiger partial charge is 0.416 e. The number of aryl methyl sites for hydroxylation is 1. The fraction of sp³-hybridized carbons (Fsp3) is 0.375. The Morgan fingerprint density at radius 1 is 1.38 bits per heavy atom. The summed E-state index contributed by atoms with van der Waals surface area (Å²) in [6.07, 6.45) is -4.21. The molecule has 8 heteroatoms. The maximum atomic E-state index is 12.8. The molecule has 2 aromatic rings. The number of hydrogen-bond acceptors (Lipinski definition) is 4. The van der Waals surface area contributed by atoms with Crippen molar-refractivity contribution in [3.63, 3.8) is 0 Å². The minimum atomic E-state index is -4.42. The van der Waals surface area contributed by atoms with E-state index in [-0.39, 0.29) is 17.9 Å². The van der Waals surface area contributed by atoms with E-state index in [2.05, 4.69) is 4.98 Å². The van der Waals surface area contributed by atoms with Gasteiger partial charge >= 0.3 is 6.18 Å². The highest BCUT2D eigenvalue weighted by atomic mass is 19.4. The van der Waals surface area contributed by atoms with Crippen molar-refractivity contribution in [3.8, 4) is 11.5 Å². The number of carbonyl (C=O) groups excluding carboxylic acids is 1. The van der Waals surface area contributed by atoms with Crippen LogP contribution >= 0.6 is 0 Å². The zero-order valence-corrected chi connectivity index (χ0v) is 13.4. The third-order valence-corrected chi connectivity index (χ3v) is 3.49. The van der Waals surface area contributed by atoms with Crippen LogP contribution in [0.25, 0.3) is 11.5 Å². The number of hydrogen-bond donors (Lipinski definition) is 1. The summed E-state index contributed by atoms with van der Waals surface area (Å²) in [5.41, 5.74) is 5.22. The fourth-order valence-electron chi connectivity index (χ4n) is 2.16. The van der Waals surface area contributed by atoms with Crippen LogP contribution < -0.4 is 5.73 Å². The van der Waals surface area contributed by atoms with Crippen molar-refractivity contribution < 1.29 is 22.4 Å². The van der Waals surface area contributed by atoms with Gasteiger partial charge in [-0.2, -0.15) is 13.2 Å². The first-order valence-corrected chi connectivity index (χ1v) is 7.27. The molecule has 0 bridgehead atoms. The van der Waals surface area contributed by atoms with Gasteiger partial charge in [0.05, 0.1) is 11.3 Å². The lowest BCUT2D eigenvalue weighted by Crippen LogP contribution is -2.24. The Hall–Kier alpha value is -2.35. The van der Waals surface area contributed by atoms with E-state index >= 15 is 0 Å². The van der Waals surface area contributed by atoms with E-state index in [0.717, 1.165) is 12.1 Å². The number of benzene rings is 1. The number of nitrogens with two attached hydrogens (primary N) is 1. The Balaban J connectivity index is 2.18. The summed E-state index contributed by atoms with van der Waals surface area (Å²) < 4.78 is 43.9. The average Bonchev–Trinajstić information content (AvgIpc) is 2.85. The van der Waals surface area contributed by atoms with Crippen molar-refractivity contribution in [2.75, 3.05) is 13.6 Å². The number of alkyl halides is 3. The minimum Gasteiger partial charge on any atom is -0.441 e. The van der Waals surface area contributed by atoms with Gasteiger partial charge < -0.3 is 10.2 Å². The molecule has 5 nitrogen and oxygen atoms in total. The Morgan fingerprint density at radius 2 is 2.08 bits per heavy atom. The Bertz CT molecular complexity index is 726. The SMILES string of the molecule is Cc1oc(-c2cccc(C(F)(F)F)c2)nc1CN(C)CCC(N)=O. The molecular formula is C16H18F3N3O2. The van der Waals surface area contributed by atoms with Crippen molar-refractivity contribution in [2.45, 2.75) is 26.1 Å². The molecule has 1 aromatic carbocycles. The van der Waals surface area contributed by atoms with Gasteiger partial charge in [-0.15, -0.1) is 0 Å². The van der Waals surface area contributed by atoms with Gasteiger partial charge in [0.1, 0.15) is 5.76 Å². The van der Waals surface area contributed by atoms with Gasteiger partial charge in [0, 0.05) is 25.1 Å². The fourth-order valence-corrected chi connectivity index (χ4v) is 2.16. The van der Waals surface area contributed by atoms with Crippen LogP contribution in [0.15, 0.2) is 28.7 Å². The molecule has 0 saturated carbocycles. The molecule has 0 unspecified atom stereocenters. The molecule has 1 amide bonds. The van der Waals surface area contributed by atoms with Crippen molar-refractivity contribution in [1.29, 1.82) is 0 Å². The second kappa shape index (κ2) is 7.04. The van der Waals surface area contributed by atoms with Gasteiger partial charge in [-0.3, -0.25) is 9.69 Å². The van der Waals surface area contributed by atoms with E-state index in [9.17, 15) is 18.0 Å². The van der Waals surface area contributed by atoms with Crippen molar-refractivity contribution >= 4 is 5.91 Å². The summed E-state index contributed by atoms with van der Waals surface area (Å²) in [7, 11) is 1.79. The van der Waals surface area contributed by atoms with E-state index in [1.165, 1.54) is 12.1 Å². The van der Waals surface area contributed by atoms with Crippen molar-refractivity contribution in [2.24, 2.45) is 5.73 Å². The molecule has 2 rings (SSSR count). The predicted molar refractivity (Wildman–Crippen MR) is 81.8 cm³/mol. The van der Waals surface area contributed by atoms with Gasteiger partial charge in [0.25, 0.3) is 0 Å². The first kappa shape index (κ1) is 18.0. The van der Waals surface area contributed by atoms with Crippen molar-refractivity contribution in [1.82, 2.24) is 9.88 Å². The summed E-state index contributed by atoms with van der Waals surface area (Å²) >= 11 is 0. The van der Waals surface area contributed by atoms with E-state index in [4.69, 9.17) is 10.2 Å². The number of amides is 1. The molecule has 0 aliphatic rings. The Labute approximate surface area is 137 Å². The number of carbonyl (C=O) groups is 1. The maximum Gasteiger partial charge on any atom is 0.416 e. The van der Waals surface area contributed by atoms with Gasteiger partial charge in [0.2, 0.25) is 11.8 Å². The number of primary amides is 1. The van der Waals surface area contributed by atoms with Crippen LogP contribution in [0.1, 0.15) is 23.4 Å². The van der Waals surface area contributed by atoms with E-state index < -0.39 is 17.6 Å². The number of oxazole rings is 1. The zero-order chi connectivity index (χ0) is 17.9. The Kier molecular flexibility index (Phi) is 5.28. The molecule has 0 aliphatic carbocycles. The minimum absolute atomic E-state index is 0.136. The van der Waals surface area contributed by atoms with Crippen LogP contribution in [0.4, 0.5) is 13.2 Å². The molecule has 0 aliphatic heterocycles. The van der Waals surface area contributed by atoms with Crippen LogP contribution in [0.5, 0.6) is 0 Å². The molecule has 130 valence electrons. The molecular weight excluding hydrogens is 323 g/mol. The number of nitrogens with zero attached hydrogens (tertiary/aromatic N) is 2. The molecule has 0 saturated heterocycles. The van der Waals surface area contributed by atoms with Gasteiger partial charge in [0.15, 0.2) is 0 Å². The lowest BCUT2D eigenvalue weighted by atomic mass is 10.1. The van der Waals surface area contributed by atoms with Crippen LogP contribution in [0.3, 0.4) is 0 Å². The van der Waals surface area contributed by atoms with Gasteiger partial charge in [-0.05, 0) is 32.2 Å². The van der Waals surface area contributed by atoms with Crippen LogP contribution in [0, 0.1) is 6.92 Å². The summed E-state index contributed by atoms with van der Waals surface area (Å²) in [5.74, 6) is 0.258. The molecule has 2 N–H and O–H groups in total. The topological polar surface area (TPSA) is 72.4 Å². The maximum absolute atomic E-state index is 12.8. The highest BCUT2D eigenvalue weighted by Gasteiger charge is 2.30. The number of rotatable bonds is 6. The van der Waals surface area contributed by atoms with Gasteiger partial charge in [-0.25, -0.2) is 4.98 Å². The second-order valence-corrected chi connectivity index (χ2v) is 5.55. The monoisotopic (exact) mass is 341 g/mol. The number of aromatic nitrogens is 1. The van der Waals surface area contributed by atoms with Crippen LogP contribution in [0.2, 0.25) is 0 Å². The average molecular weight is 341 g/mol. The van der Waals surface area contributed by atoms with Gasteiger partial charge in [-0.1, -0.05) is 6.07 Å². The van der Waals surface area contributed by atoms with Crippen LogP contribution in [-0.2, 0) is 17.5 Å². The molecule has 0 radical (unpaired) electrons. The zero-order valence-electron chi connectivity index (χ0n) is 13.4. The lowest BCUT2D eigenvalue weighted by molar-refractivity contribution is -0.137.